The molecule has 10 atom stereocenters. The summed E-state index contributed by atoms with van der Waals surface area (Å²) in [4.78, 5) is 26.3. The molecule has 1 saturated heterocycles. The summed E-state index contributed by atoms with van der Waals surface area (Å²) in [6.45, 7) is 12.2. The summed E-state index contributed by atoms with van der Waals surface area (Å²) in [7, 11) is 2.42. The van der Waals surface area contributed by atoms with Crippen molar-refractivity contribution in [1.82, 2.24) is 0 Å². The number of Topliss-reactive ketones (excluding diaryl/α,β-unsaturated/α-hetero) is 1. The number of carbonyl (C=O) groups excluding carboxylic acids is 1. The molecule has 3 fully saturated rings. The van der Waals surface area contributed by atoms with E-state index in [-0.39, 0.29) is 19.6 Å². The van der Waals surface area contributed by atoms with Gasteiger partial charge in [-0.2, -0.15) is 0 Å². The van der Waals surface area contributed by atoms with Gasteiger partial charge in [-0.05, 0) is 32.1 Å². The molecule has 0 aromatic rings. The maximum Gasteiger partial charge on any atom is 0.268 e. The van der Waals surface area contributed by atoms with Gasteiger partial charge in [0.05, 0.1) is 52.2 Å². The number of hydrogen-bond donors (Lipinski definition) is 3. The molecule has 2 saturated carbocycles. The van der Waals surface area contributed by atoms with Crippen molar-refractivity contribution in [2.45, 2.75) is 95.1 Å². The van der Waals surface area contributed by atoms with Crippen LogP contribution in [0.5, 0.6) is 0 Å². The molecule has 244 valence electrons. The molecule has 3 N–H and O–H groups in total. The van der Waals surface area contributed by atoms with E-state index in [1.807, 2.05) is 35.0 Å². The molecule has 1 heterocycles. The van der Waals surface area contributed by atoms with Crippen molar-refractivity contribution in [2.75, 3.05) is 54.6 Å². The minimum Gasteiger partial charge on any atom is -0.756 e. The highest BCUT2D eigenvalue weighted by atomic mass is 31.2. The lowest BCUT2D eigenvalue weighted by atomic mass is 9.40. The summed E-state index contributed by atoms with van der Waals surface area (Å²) < 4.78 is 41.0. The summed E-state index contributed by atoms with van der Waals surface area (Å²) in [6, 6.07) is 0. The molecule has 0 aromatic heterocycles. The van der Waals surface area contributed by atoms with Crippen molar-refractivity contribution >= 4 is 13.6 Å². The molecule has 0 spiro atoms. The Morgan fingerprint density at radius 1 is 1.17 bits per heavy atom. The number of rotatable bonds is 12. The Bertz CT molecular complexity index is 1060. The van der Waals surface area contributed by atoms with Crippen LogP contribution in [-0.4, -0.2) is 121 Å². The highest BCUT2D eigenvalue weighted by Crippen LogP contribution is 2.67. The SMILES string of the molecule is C=C[C@@]1(C)CC(=O)[C@@]2(O)[C@](C)(O1)[C@@H](OCC(COP(=O)([O-])OCC[N+](C)(C)C)OC)[C@@H](O)C1C(C)(C)CC[C@H](O)[C@@]12C. The molecular formula is C29H52NO11P. The van der Waals surface area contributed by atoms with Crippen molar-refractivity contribution in [3.05, 3.63) is 12.7 Å². The molecule has 0 amide bonds. The minimum absolute atomic E-state index is 0.0567. The smallest absolute Gasteiger partial charge is 0.268 e. The number of likely N-dealkylation sites (N-methyl/N-ethyl adjacent to an activating group) is 1. The quantitative estimate of drug-likeness (QED) is 0.163. The lowest BCUT2D eigenvalue weighted by molar-refractivity contribution is -0.870. The molecule has 0 bridgehead atoms. The Kier molecular flexibility index (Phi) is 10.1. The van der Waals surface area contributed by atoms with Crippen LogP contribution in [0.1, 0.15) is 53.9 Å². The van der Waals surface area contributed by atoms with Crippen LogP contribution in [0, 0.1) is 16.7 Å². The molecule has 42 heavy (non-hydrogen) atoms. The fourth-order valence-corrected chi connectivity index (χ4v) is 8.32. The third-order valence-corrected chi connectivity index (χ3v) is 10.9. The van der Waals surface area contributed by atoms with E-state index < -0.39 is 78.2 Å². The Morgan fingerprint density at radius 2 is 1.79 bits per heavy atom. The number of ether oxygens (including phenoxy) is 3. The molecule has 0 radical (unpaired) electrons. The van der Waals surface area contributed by atoms with Gasteiger partial charge in [-0.15, -0.1) is 6.58 Å². The van der Waals surface area contributed by atoms with Gasteiger partial charge in [-0.25, -0.2) is 0 Å². The summed E-state index contributed by atoms with van der Waals surface area (Å²) in [5, 5.41) is 35.9. The van der Waals surface area contributed by atoms with Gasteiger partial charge in [0.1, 0.15) is 31.0 Å². The second-order valence-corrected chi connectivity index (χ2v) is 15.9. The first-order valence-corrected chi connectivity index (χ1v) is 16.0. The number of methoxy groups -OCH3 is 1. The fraction of sp³-hybridized carbons (Fsp3) is 0.897. The molecule has 0 aromatic carbocycles. The van der Waals surface area contributed by atoms with Crippen LogP contribution in [0.4, 0.5) is 0 Å². The van der Waals surface area contributed by atoms with Crippen LogP contribution in [0.2, 0.25) is 0 Å². The van der Waals surface area contributed by atoms with E-state index in [1.54, 1.807) is 13.8 Å². The number of nitrogens with zero attached hydrogens (tertiary/aromatic N) is 1. The topological polar surface area (TPSA) is 164 Å². The fourth-order valence-electron chi connectivity index (χ4n) is 7.59. The Balaban J connectivity index is 1.92. The lowest BCUT2D eigenvalue weighted by Gasteiger charge is -2.71. The first-order valence-electron chi connectivity index (χ1n) is 14.5. The van der Waals surface area contributed by atoms with Gasteiger partial charge in [-0.3, -0.25) is 9.36 Å². The van der Waals surface area contributed by atoms with E-state index in [0.29, 0.717) is 23.9 Å². The maximum absolute atomic E-state index is 14.0. The molecule has 1 aliphatic heterocycles. The van der Waals surface area contributed by atoms with Gasteiger partial charge in [0.2, 0.25) is 0 Å². The number of aliphatic hydroxyl groups excluding tert-OH is 2. The van der Waals surface area contributed by atoms with E-state index in [4.69, 9.17) is 23.3 Å². The van der Waals surface area contributed by atoms with Crippen molar-refractivity contribution < 1.29 is 57.3 Å². The van der Waals surface area contributed by atoms with Crippen LogP contribution in [-0.2, 0) is 32.6 Å². The number of phosphoric acid groups is 1. The normalized spacial score (nSPS) is 42.3. The third kappa shape index (κ3) is 6.20. The zero-order valence-corrected chi connectivity index (χ0v) is 27.5. The van der Waals surface area contributed by atoms with Crippen molar-refractivity contribution in [3.8, 4) is 0 Å². The van der Waals surface area contributed by atoms with E-state index in [9.17, 15) is 29.6 Å². The van der Waals surface area contributed by atoms with Crippen molar-refractivity contribution in [1.29, 1.82) is 0 Å². The second kappa shape index (κ2) is 11.9. The molecule has 3 aliphatic rings. The summed E-state index contributed by atoms with van der Waals surface area (Å²) >= 11 is 0. The molecule has 2 aliphatic carbocycles. The van der Waals surface area contributed by atoms with Gasteiger partial charge in [0, 0.05) is 24.9 Å². The van der Waals surface area contributed by atoms with E-state index in [0.717, 1.165) is 0 Å². The lowest BCUT2D eigenvalue weighted by Crippen LogP contribution is -2.86. The predicted octanol–water partition coefficient (Wildman–Crippen LogP) is 1.20. The highest BCUT2D eigenvalue weighted by Gasteiger charge is 2.80. The average Bonchev–Trinajstić information content (AvgIpc) is 2.85. The average molecular weight is 622 g/mol. The number of phosphoric ester groups is 1. The summed E-state index contributed by atoms with van der Waals surface area (Å²) in [6.07, 6.45) is -2.39. The number of carbonyl (C=O) groups is 1. The van der Waals surface area contributed by atoms with Crippen LogP contribution >= 0.6 is 7.82 Å². The van der Waals surface area contributed by atoms with E-state index in [2.05, 4.69) is 6.58 Å². The maximum atomic E-state index is 14.0. The Hall–Kier alpha value is -0.760. The predicted molar refractivity (Wildman–Crippen MR) is 152 cm³/mol. The van der Waals surface area contributed by atoms with E-state index in [1.165, 1.54) is 20.1 Å². The first kappa shape index (κ1) is 35.7. The largest absolute Gasteiger partial charge is 0.756 e. The zero-order valence-electron chi connectivity index (χ0n) is 26.6. The van der Waals surface area contributed by atoms with Crippen LogP contribution in [0.25, 0.3) is 0 Å². The highest BCUT2D eigenvalue weighted by molar-refractivity contribution is 7.45. The van der Waals surface area contributed by atoms with Gasteiger partial charge in [0.25, 0.3) is 7.82 Å². The first-order chi connectivity index (χ1) is 19.0. The van der Waals surface area contributed by atoms with Crippen LogP contribution < -0.4 is 4.89 Å². The standard InChI is InChI=1S/C29H52NO11P/c1-11-26(4)16-21(32)29(34)27(5)20(31)12-13-25(2,3)23(27)22(33)24(28(29,6)41-26)38-17-19(37-10)18-40-42(35,36)39-15-14-30(7,8)9/h11,19-20,22-24,31,33-34H,1,12-18H2,2-10H3/t19?,20-,22-,23?,24-,26-,27-,28+,29-/m0/s1. The van der Waals surface area contributed by atoms with Crippen LogP contribution in [0.15, 0.2) is 12.7 Å². The Labute approximate surface area is 250 Å². The third-order valence-electron chi connectivity index (χ3n) is 9.95. The monoisotopic (exact) mass is 621 g/mol. The number of aliphatic hydroxyl groups is 3. The minimum atomic E-state index is -4.64. The van der Waals surface area contributed by atoms with Gasteiger partial charge >= 0.3 is 0 Å². The number of hydrogen-bond acceptors (Lipinski definition) is 11. The Morgan fingerprint density at radius 3 is 2.33 bits per heavy atom. The molecule has 3 unspecified atom stereocenters. The summed E-state index contributed by atoms with van der Waals surface area (Å²) in [5.74, 6) is -1.29. The molecular weight excluding hydrogens is 569 g/mol. The van der Waals surface area contributed by atoms with Gasteiger partial charge < -0.3 is 48.0 Å². The van der Waals surface area contributed by atoms with Gasteiger partial charge in [-0.1, -0.05) is 26.8 Å². The number of fused-ring (bicyclic) bond motifs is 3. The van der Waals surface area contributed by atoms with Gasteiger partial charge in [0.15, 0.2) is 11.4 Å². The van der Waals surface area contributed by atoms with Crippen molar-refractivity contribution in [2.24, 2.45) is 16.7 Å². The number of quaternary nitrogens is 1. The van der Waals surface area contributed by atoms with Crippen LogP contribution in [0.3, 0.4) is 0 Å². The van der Waals surface area contributed by atoms with Crippen molar-refractivity contribution in [3.63, 3.8) is 0 Å². The van der Waals surface area contributed by atoms with E-state index >= 15 is 0 Å². The molecule has 3 rings (SSSR count). The number of ketones is 1. The zero-order chi connectivity index (χ0) is 32.2. The second-order valence-electron chi connectivity index (χ2n) is 14.5. The molecule has 12 nitrogen and oxygen atoms in total. The summed E-state index contributed by atoms with van der Waals surface area (Å²) in [5.41, 5.74) is -7.30. The molecule has 13 heteroatoms.